The number of hydrogen-bond acceptors (Lipinski definition) is 1. The lowest BCUT2D eigenvalue weighted by Gasteiger charge is -2.07. The van der Waals surface area contributed by atoms with Crippen LogP contribution in [0.15, 0.2) is 18.2 Å². The number of hydrogen-bond donors (Lipinski definition) is 0. The molecule has 0 atom stereocenters. The standard InChI is InChI=1S/C9H9Cl2FO/c10-5-2-6-13-9-7(11)3-1-4-8(9)12/h1,3-4H,2,5-6H2. The average Bonchev–Trinajstić information content (AvgIpc) is 2.10. The average molecular weight is 223 g/mol. The molecule has 0 aliphatic rings. The molecule has 0 amide bonds. The summed E-state index contributed by atoms with van der Waals surface area (Å²) in [4.78, 5) is 0. The Labute approximate surface area is 86.4 Å². The molecule has 0 aliphatic heterocycles. The van der Waals surface area contributed by atoms with Gasteiger partial charge in [0.05, 0.1) is 11.6 Å². The second-order valence-corrected chi connectivity index (χ2v) is 3.23. The summed E-state index contributed by atoms with van der Waals surface area (Å²) in [5.74, 6) is 0.155. The van der Waals surface area contributed by atoms with Crippen LogP contribution in [-0.2, 0) is 0 Å². The fourth-order valence-corrected chi connectivity index (χ4v) is 1.18. The van der Waals surface area contributed by atoms with Crippen molar-refractivity contribution in [3.8, 4) is 5.75 Å². The lowest BCUT2D eigenvalue weighted by Crippen LogP contribution is -2.00. The molecule has 4 heteroatoms. The monoisotopic (exact) mass is 222 g/mol. The first-order chi connectivity index (χ1) is 6.25. The second kappa shape index (κ2) is 5.30. The fourth-order valence-electron chi connectivity index (χ4n) is 0.849. The minimum atomic E-state index is -0.443. The van der Waals surface area contributed by atoms with Gasteiger partial charge in [0.25, 0.3) is 0 Å². The number of para-hydroxylation sites is 1. The zero-order chi connectivity index (χ0) is 9.68. The summed E-state index contributed by atoms with van der Waals surface area (Å²) in [5, 5.41) is 0.287. The highest BCUT2D eigenvalue weighted by Crippen LogP contribution is 2.27. The zero-order valence-electron chi connectivity index (χ0n) is 6.90. The first-order valence-electron chi connectivity index (χ1n) is 3.88. The van der Waals surface area contributed by atoms with Crippen molar-refractivity contribution in [3.05, 3.63) is 29.0 Å². The van der Waals surface area contributed by atoms with Crippen LogP contribution in [0.1, 0.15) is 6.42 Å². The molecule has 0 fully saturated rings. The highest BCUT2D eigenvalue weighted by molar-refractivity contribution is 6.32. The van der Waals surface area contributed by atoms with E-state index in [1.165, 1.54) is 12.1 Å². The van der Waals surface area contributed by atoms with Gasteiger partial charge in [0.1, 0.15) is 0 Å². The maximum atomic E-state index is 13.0. The van der Waals surface area contributed by atoms with E-state index in [9.17, 15) is 4.39 Å². The molecule has 0 spiro atoms. The first kappa shape index (κ1) is 10.6. The van der Waals surface area contributed by atoms with Gasteiger partial charge in [-0.15, -0.1) is 11.6 Å². The van der Waals surface area contributed by atoms with E-state index in [0.717, 1.165) is 0 Å². The summed E-state index contributed by atoms with van der Waals surface area (Å²) in [7, 11) is 0. The van der Waals surface area contributed by atoms with E-state index in [0.29, 0.717) is 18.9 Å². The topological polar surface area (TPSA) is 9.23 Å². The Morgan fingerprint density at radius 3 is 2.77 bits per heavy atom. The third-order valence-electron chi connectivity index (χ3n) is 1.44. The quantitative estimate of drug-likeness (QED) is 0.560. The lowest BCUT2D eigenvalue weighted by atomic mass is 10.3. The molecule has 0 N–H and O–H groups in total. The van der Waals surface area contributed by atoms with Gasteiger partial charge in [-0.05, 0) is 18.6 Å². The number of halogens is 3. The van der Waals surface area contributed by atoms with Gasteiger partial charge in [-0.2, -0.15) is 0 Å². The molecule has 0 aromatic heterocycles. The minimum Gasteiger partial charge on any atom is -0.489 e. The van der Waals surface area contributed by atoms with Gasteiger partial charge >= 0.3 is 0 Å². The summed E-state index contributed by atoms with van der Waals surface area (Å²) in [6.07, 6.45) is 0.673. The summed E-state index contributed by atoms with van der Waals surface area (Å²) < 4.78 is 18.2. The first-order valence-corrected chi connectivity index (χ1v) is 4.79. The van der Waals surface area contributed by atoms with Crippen LogP contribution in [0.3, 0.4) is 0 Å². The normalized spacial score (nSPS) is 10.1. The predicted molar refractivity (Wildman–Crippen MR) is 52.2 cm³/mol. The van der Waals surface area contributed by atoms with Crippen LogP contribution in [0.5, 0.6) is 5.75 Å². The summed E-state index contributed by atoms with van der Waals surface area (Å²) in [5.41, 5.74) is 0. The van der Waals surface area contributed by atoms with E-state index in [1.807, 2.05) is 0 Å². The lowest BCUT2D eigenvalue weighted by molar-refractivity contribution is 0.302. The number of rotatable bonds is 4. The molecule has 72 valence electrons. The van der Waals surface area contributed by atoms with Crippen molar-refractivity contribution >= 4 is 23.2 Å². The van der Waals surface area contributed by atoms with Crippen molar-refractivity contribution in [2.24, 2.45) is 0 Å². The van der Waals surface area contributed by atoms with Gasteiger partial charge in [-0.3, -0.25) is 0 Å². The molecule has 1 aromatic rings. The van der Waals surface area contributed by atoms with Crippen LogP contribution in [0.25, 0.3) is 0 Å². The molecule has 0 aliphatic carbocycles. The van der Waals surface area contributed by atoms with Crippen molar-refractivity contribution in [1.82, 2.24) is 0 Å². The summed E-state index contributed by atoms with van der Waals surface area (Å²) >= 11 is 11.2. The van der Waals surface area contributed by atoms with Crippen molar-refractivity contribution in [1.29, 1.82) is 0 Å². The molecule has 0 unspecified atom stereocenters. The molecule has 0 radical (unpaired) electrons. The van der Waals surface area contributed by atoms with Crippen molar-refractivity contribution in [2.45, 2.75) is 6.42 Å². The van der Waals surface area contributed by atoms with Gasteiger partial charge in [0, 0.05) is 5.88 Å². The van der Waals surface area contributed by atoms with E-state index < -0.39 is 5.82 Å². The third-order valence-corrected chi connectivity index (χ3v) is 2.01. The molecule has 13 heavy (non-hydrogen) atoms. The maximum Gasteiger partial charge on any atom is 0.173 e. The van der Waals surface area contributed by atoms with Gasteiger partial charge in [0.15, 0.2) is 11.6 Å². The molecule has 1 aromatic carbocycles. The third kappa shape index (κ3) is 3.05. The molecular weight excluding hydrogens is 214 g/mol. The Morgan fingerprint density at radius 2 is 2.15 bits per heavy atom. The van der Waals surface area contributed by atoms with Crippen molar-refractivity contribution in [3.63, 3.8) is 0 Å². The van der Waals surface area contributed by atoms with Crippen molar-refractivity contribution in [2.75, 3.05) is 12.5 Å². The Hall–Kier alpha value is -0.470. The van der Waals surface area contributed by atoms with Gasteiger partial charge in [-0.25, -0.2) is 4.39 Å². The number of benzene rings is 1. The van der Waals surface area contributed by atoms with Crippen LogP contribution in [-0.4, -0.2) is 12.5 Å². The van der Waals surface area contributed by atoms with E-state index in [4.69, 9.17) is 27.9 Å². The summed E-state index contributed by atoms with van der Waals surface area (Å²) in [6.45, 7) is 0.379. The smallest absolute Gasteiger partial charge is 0.173 e. The Balaban J connectivity index is 2.64. The van der Waals surface area contributed by atoms with Crippen molar-refractivity contribution < 1.29 is 9.13 Å². The molecular formula is C9H9Cl2FO. The fraction of sp³-hybridized carbons (Fsp3) is 0.333. The molecule has 0 heterocycles. The molecule has 1 rings (SSSR count). The molecule has 0 saturated heterocycles. The van der Waals surface area contributed by atoms with E-state index in [-0.39, 0.29) is 10.8 Å². The van der Waals surface area contributed by atoms with E-state index in [2.05, 4.69) is 0 Å². The van der Waals surface area contributed by atoms with Gasteiger partial charge in [0.2, 0.25) is 0 Å². The Kier molecular flexibility index (Phi) is 4.33. The highest BCUT2D eigenvalue weighted by atomic mass is 35.5. The minimum absolute atomic E-state index is 0.106. The molecule has 0 saturated carbocycles. The number of ether oxygens (including phenoxy) is 1. The predicted octanol–water partition coefficient (Wildman–Crippen LogP) is 3.49. The van der Waals surface area contributed by atoms with Crippen LogP contribution < -0.4 is 4.74 Å². The van der Waals surface area contributed by atoms with Gasteiger partial charge < -0.3 is 4.74 Å². The summed E-state index contributed by atoms with van der Waals surface area (Å²) in [6, 6.07) is 4.43. The molecule has 1 nitrogen and oxygen atoms in total. The molecule has 0 bridgehead atoms. The van der Waals surface area contributed by atoms with Crippen LogP contribution in [0, 0.1) is 5.82 Å². The largest absolute Gasteiger partial charge is 0.489 e. The van der Waals surface area contributed by atoms with E-state index in [1.54, 1.807) is 6.07 Å². The highest BCUT2D eigenvalue weighted by Gasteiger charge is 2.06. The SMILES string of the molecule is Fc1cccc(Cl)c1OCCCCl. The Bertz CT molecular complexity index is 258. The second-order valence-electron chi connectivity index (χ2n) is 2.44. The number of alkyl halides is 1. The van der Waals surface area contributed by atoms with Crippen LogP contribution >= 0.6 is 23.2 Å². The van der Waals surface area contributed by atoms with Crippen LogP contribution in [0.2, 0.25) is 5.02 Å². The Morgan fingerprint density at radius 1 is 1.38 bits per heavy atom. The van der Waals surface area contributed by atoms with Crippen LogP contribution in [0.4, 0.5) is 4.39 Å². The maximum absolute atomic E-state index is 13.0. The van der Waals surface area contributed by atoms with Gasteiger partial charge in [-0.1, -0.05) is 17.7 Å². The van der Waals surface area contributed by atoms with E-state index >= 15 is 0 Å². The zero-order valence-corrected chi connectivity index (χ0v) is 8.41.